The molecule has 42 heavy (non-hydrogen) atoms. The maximum atomic E-state index is 14.9. The number of amides is 4. The summed E-state index contributed by atoms with van der Waals surface area (Å²) in [7, 11) is 1.52. The summed E-state index contributed by atoms with van der Waals surface area (Å²) in [6.45, 7) is 1.96. The minimum absolute atomic E-state index is 0.0868. The highest BCUT2D eigenvalue weighted by molar-refractivity contribution is 6.13. The first-order chi connectivity index (χ1) is 20.2. The van der Waals surface area contributed by atoms with Crippen LogP contribution in [0.1, 0.15) is 35.4 Å². The second kappa shape index (κ2) is 9.41. The number of nitrogens with zero attached hydrogens (tertiary/aromatic N) is 2. The van der Waals surface area contributed by atoms with Crippen molar-refractivity contribution in [3.63, 3.8) is 0 Å². The molecule has 7 rings (SSSR count). The van der Waals surface area contributed by atoms with Gasteiger partial charge in [-0.2, -0.15) is 5.01 Å². The third-order valence-electron chi connectivity index (χ3n) is 9.84. The van der Waals surface area contributed by atoms with Gasteiger partial charge in [0.05, 0.1) is 28.9 Å². The van der Waals surface area contributed by atoms with Crippen molar-refractivity contribution in [2.75, 3.05) is 12.5 Å². The normalized spacial score (nSPS) is 30.1. The fourth-order valence-electron chi connectivity index (χ4n) is 7.95. The lowest BCUT2D eigenvalue weighted by atomic mass is 9.49. The Balaban J connectivity index is 1.45. The van der Waals surface area contributed by atoms with Gasteiger partial charge in [-0.05, 0) is 61.1 Å². The topological polar surface area (TPSA) is 107 Å². The Bertz CT molecular complexity index is 1650. The minimum atomic E-state index is -1.31. The van der Waals surface area contributed by atoms with Gasteiger partial charge in [0.15, 0.2) is 0 Å². The number of carbonyl (C=O) groups excluding carboxylic acids is 4. The van der Waals surface area contributed by atoms with Crippen LogP contribution in [0.15, 0.2) is 90.5 Å². The number of allylic oxidation sites excluding steroid dienone is 2. The molecule has 2 aliphatic heterocycles. The minimum Gasteiger partial charge on any atom is -0.508 e. The number of rotatable bonds is 4. The van der Waals surface area contributed by atoms with Gasteiger partial charge in [0, 0.05) is 13.0 Å². The number of aromatic hydroxyl groups is 1. The van der Waals surface area contributed by atoms with Crippen molar-refractivity contribution >= 4 is 29.3 Å². The lowest BCUT2D eigenvalue weighted by Crippen LogP contribution is -2.53. The zero-order valence-electron chi connectivity index (χ0n) is 23.4. The van der Waals surface area contributed by atoms with Crippen LogP contribution in [-0.4, -0.2) is 45.7 Å². The van der Waals surface area contributed by atoms with Gasteiger partial charge in [0.25, 0.3) is 11.8 Å². The van der Waals surface area contributed by atoms with Gasteiger partial charge in [-0.15, -0.1) is 0 Å². The molecule has 0 unspecified atom stereocenters. The molecule has 0 bridgehead atoms. The molecule has 0 spiro atoms. The summed E-state index contributed by atoms with van der Waals surface area (Å²) < 4.78 is 0. The maximum absolute atomic E-state index is 14.9. The summed E-state index contributed by atoms with van der Waals surface area (Å²) in [5, 5.41) is 11.3. The summed E-state index contributed by atoms with van der Waals surface area (Å²) in [6, 6.07) is 23.6. The lowest BCUT2D eigenvalue weighted by molar-refractivity contribution is -0.140. The molecule has 2 N–H and O–H groups in total. The Labute approximate surface area is 243 Å². The number of benzene rings is 3. The van der Waals surface area contributed by atoms with Gasteiger partial charge in [-0.25, -0.2) is 0 Å². The summed E-state index contributed by atoms with van der Waals surface area (Å²) in [5.74, 6) is -3.91. The van der Waals surface area contributed by atoms with Gasteiger partial charge in [0.2, 0.25) is 11.8 Å². The Hall–Kier alpha value is -4.72. The van der Waals surface area contributed by atoms with Crippen molar-refractivity contribution in [2.24, 2.45) is 23.7 Å². The van der Waals surface area contributed by atoms with E-state index in [-0.39, 0.29) is 41.7 Å². The van der Waals surface area contributed by atoms with Crippen LogP contribution in [0.3, 0.4) is 0 Å². The predicted molar refractivity (Wildman–Crippen MR) is 155 cm³/mol. The van der Waals surface area contributed by atoms with E-state index in [1.165, 1.54) is 11.9 Å². The summed E-state index contributed by atoms with van der Waals surface area (Å²) >= 11 is 0. The second-order valence-electron chi connectivity index (χ2n) is 11.9. The molecular weight excluding hydrogens is 530 g/mol. The highest BCUT2D eigenvalue weighted by atomic mass is 16.3. The van der Waals surface area contributed by atoms with Crippen LogP contribution >= 0.6 is 0 Å². The van der Waals surface area contributed by atoms with Crippen LogP contribution in [0.25, 0.3) is 0 Å². The molecule has 2 saturated heterocycles. The predicted octanol–water partition coefficient (Wildman–Crippen LogP) is 4.32. The highest BCUT2D eigenvalue weighted by Crippen LogP contribution is 2.64. The van der Waals surface area contributed by atoms with Crippen LogP contribution in [0.2, 0.25) is 0 Å². The van der Waals surface area contributed by atoms with E-state index >= 15 is 0 Å². The van der Waals surface area contributed by atoms with E-state index in [2.05, 4.69) is 5.43 Å². The summed E-state index contributed by atoms with van der Waals surface area (Å²) in [5.41, 5.74) is 5.83. The molecule has 2 aliphatic carbocycles. The molecule has 6 atom stereocenters. The number of aryl methyl sites for hydroxylation is 1. The van der Waals surface area contributed by atoms with Crippen LogP contribution in [0.5, 0.6) is 5.75 Å². The van der Waals surface area contributed by atoms with Crippen molar-refractivity contribution < 1.29 is 24.3 Å². The summed E-state index contributed by atoms with van der Waals surface area (Å²) in [6.07, 6.45) is 2.69. The molecule has 0 aromatic heterocycles. The standard InChI is InChI=1S/C34H31N3O5/c1-19-8-12-22(13-9-19)35-37-31(40)27-18-26-24(16-17-25-28(26)32(41)36(2)30(25)39)29(20-10-14-23(38)15-11-20)34(27,33(37)42)21-6-4-3-5-7-21/h3-16,25-29,35,38H,17-18H2,1-2H3/t25-,26+,27-,28-,29-,34+/m0/s1. The van der Waals surface area contributed by atoms with Crippen molar-refractivity contribution in [2.45, 2.75) is 31.1 Å². The summed E-state index contributed by atoms with van der Waals surface area (Å²) in [4.78, 5) is 57.1. The van der Waals surface area contributed by atoms with Crippen LogP contribution in [0, 0.1) is 30.6 Å². The number of likely N-dealkylation sites (tertiary alicyclic amines) is 1. The number of hydrogen-bond donors (Lipinski definition) is 2. The van der Waals surface area contributed by atoms with Gasteiger partial charge in [-0.1, -0.05) is 71.8 Å². The first-order valence-corrected chi connectivity index (χ1v) is 14.3. The molecule has 2 heterocycles. The van der Waals surface area contributed by atoms with Gasteiger partial charge in [0.1, 0.15) is 5.75 Å². The van der Waals surface area contributed by atoms with Crippen molar-refractivity contribution in [3.05, 3.63) is 107 Å². The number of imide groups is 2. The van der Waals surface area contributed by atoms with Crippen molar-refractivity contribution in [3.8, 4) is 5.75 Å². The van der Waals surface area contributed by atoms with Gasteiger partial charge < -0.3 is 5.11 Å². The SMILES string of the molecule is Cc1ccc(NN2C(=O)[C@@H]3C[C@@H]4C(=CC[C@@H]5C(=O)N(C)C(=O)[C@@H]54)[C@H](c4ccc(O)cc4)[C@]3(c3ccccc3)C2=O)cc1. The van der Waals surface area contributed by atoms with E-state index in [1.54, 1.807) is 24.3 Å². The molecule has 8 heteroatoms. The zero-order chi connectivity index (χ0) is 29.3. The van der Waals surface area contributed by atoms with E-state index in [4.69, 9.17) is 0 Å². The van der Waals surface area contributed by atoms with E-state index in [1.807, 2.05) is 67.6 Å². The van der Waals surface area contributed by atoms with Gasteiger partial charge in [-0.3, -0.25) is 29.5 Å². The molecule has 3 aromatic rings. The van der Waals surface area contributed by atoms with Crippen LogP contribution < -0.4 is 5.43 Å². The third kappa shape index (κ3) is 3.54. The maximum Gasteiger partial charge on any atom is 0.260 e. The first-order valence-electron chi connectivity index (χ1n) is 14.3. The number of fused-ring (bicyclic) bond motifs is 4. The smallest absolute Gasteiger partial charge is 0.260 e. The molecule has 4 aliphatic rings. The Morgan fingerprint density at radius 1 is 0.833 bits per heavy atom. The molecule has 3 fully saturated rings. The Morgan fingerprint density at radius 3 is 2.21 bits per heavy atom. The molecule has 8 nitrogen and oxygen atoms in total. The van der Waals surface area contributed by atoms with E-state index < -0.39 is 29.1 Å². The zero-order valence-corrected chi connectivity index (χ0v) is 23.4. The number of hydrogen-bond acceptors (Lipinski definition) is 6. The largest absolute Gasteiger partial charge is 0.508 e. The lowest BCUT2D eigenvalue weighted by Gasteiger charge is -2.50. The number of hydrazine groups is 1. The molecule has 0 radical (unpaired) electrons. The molecule has 3 aromatic carbocycles. The third-order valence-corrected chi connectivity index (χ3v) is 9.84. The first kappa shape index (κ1) is 26.2. The average molecular weight is 562 g/mol. The molecule has 4 amide bonds. The number of phenols is 1. The highest BCUT2D eigenvalue weighted by Gasteiger charge is 2.70. The van der Waals surface area contributed by atoms with E-state index in [0.29, 0.717) is 17.7 Å². The fraction of sp³-hybridized carbons (Fsp3) is 0.294. The van der Waals surface area contributed by atoms with Crippen LogP contribution in [0.4, 0.5) is 5.69 Å². The molecule has 1 saturated carbocycles. The van der Waals surface area contributed by atoms with Crippen LogP contribution in [-0.2, 0) is 24.6 Å². The molecular formula is C34H31N3O5. The average Bonchev–Trinajstić information content (AvgIpc) is 3.36. The number of anilines is 1. The Kier molecular flexibility index (Phi) is 5.87. The second-order valence-corrected chi connectivity index (χ2v) is 11.9. The van der Waals surface area contributed by atoms with Crippen molar-refractivity contribution in [1.82, 2.24) is 9.91 Å². The molecule has 212 valence electrons. The number of phenolic OH excluding ortho intramolecular Hbond substituents is 1. The monoisotopic (exact) mass is 561 g/mol. The number of nitrogens with one attached hydrogen (secondary N) is 1. The number of carbonyl (C=O) groups is 4. The van der Waals surface area contributed by atoms with Gasteiger partial charge >= 0.3 is 0 Å². The van der Waals surface area contributed by atoms with Crippen molar-refractivity contribution in [1.29, 1.82) is 0 Å². The van der Waals surface area contributed by atoms with E-state index in [0.717, 1.165) is 21.7 Å². The Morgan fingerprint density at radius 2 is 1.52 bits per heavy atom. The fourth-order valence-corrected chi connectivity index (χ4v) is 7.95. The quantitative estimate of drug-likeness (QED) is 0.363. The van der Waals surface area contributed by atoms with E-state index in [9.17, 15) is 24.3 Å².